The monoisotopic (exact) mass is 285 g/mol. The molecule has 0 amide bonds. The van der Waals surface area contributed by atoms with Crippen molar-refractivity contribution in [3.8, 4) is 0 Å². The highest BCUT2D eigenvalue weighted by molar-refractivity contribution is 5.39. The van der Waals surface area contributed by atoms with Gasteiger partial charge in [-0.2, -0.15) is 4.98 Å². The minimum Gasteiger partial charge on any atom is -0.370 e. The first kappa shape index (κ1) is 15.3. The van der Waals surface area contributed by atoms with Crippen molar-refractivity contribution in [2.75, 3.05) is 31.2 Å². The molecule has 1 aromatic heterocycles. The SMILES string of the molecule is Cc1cc(NCCCN(C)Cc2ccccc2)nc(N)n1. The maximum absolute atomic E-state index is 5.63. The first-order valence-electron chi connectivity index (χ1n) is 7.21. The Morgan fingerprint density at radius 3 is 2.67 bits per heavy atom. The molecule has 5 heteroatoms. The van der Waals surface area contributed by atoms with Gasteiger partial charge in [-0.05, 0) is 32.5 Å². The quantitative estimate of drug-likeness (QED) is 0.764. The van der Waals surface area contributed by atoms with Crippen LogP contribution in [0, 0.1) is 6.92 Å². The molecule has 5 nitrogen and oxygen atoms in total. The largest absolute Gasteiger partial charge is 0.370 e. The number of nitrogens with zero attached hydrogens (tertiary/aromatic N) is 3. The predicted octanol–water partition coefficient (Wildman–Crippen LogP) is 2.30. The zero-order valence-electron chi connectivity index (χ0n) is 12.7. The molecule has 3 N–H and O–H groups in total. The van der Waals surface area contributed by atoms with Gasteiger partial charge < -0.3 is 16.0 Å². The van der Waals surface area contributed by atoms with Crippen molar-refractivity contribution in [3.05, 3.63) is 47.7 Å². The van der Waals surface area contributed by atoms with Crippen molar-refractivity contribution in [1.29, 1.82) is 0 Å². The summed E-state index contributed by atoms with van der Waals surface area (Å²) in [6.45, 7) is 4.79. The van der Waals surface area contributed by atoms with E-state index in [-0.39, 0.29) is 0 Å². The standard InChI is InChI=1S/C16H23N5/c1-13-11-15(20-16(17)19-13)18-9-6-10-21(2)12-14-7-4-3-5-8-14/h3-5,7-8,11H,6,9-10,12H2,1-2H3,(H3,17,18,19,20). The molecular weight excluding hydrogens is 262 g/mol. The van der Waals surface area contributed by atoms with Gasteiger partial charge >= 0.3 is 0 Å². The van der Waals surface area contributed by atoms with E-state index in [1.807, 2.05) is 19.1 Å². The molecule has 0 aliphatic rings. The van der Waals surface area contributed by atoms with Gasteiger partial charge in [-0.3, -0.25) is 0 Å². The maximum atomic E-state index is 5.63. The van der Waals surface area contributed by atoms with Crippen LogP contribution in [0.3, 0.4) is 0 Å². The summed E-state index contributed by atoms with van der Waals surface area (Å²) >= 11 is 0. The van der Waals surface area contributed by atoms with Crippen LogP contribution in [0.25, 0.3) is 0 Å². The van der Waals surface area contributed by atoms with Crippen molar-refractivity contribution in [2.45, 2.75) is 19.9 Å². The Morgan fingerprint density at radius 2 is 1.95 bits per heavy atom. The maximum Gasteiger partial charge on any atom is 0.222 e. The molecule has 0 saturated carbocycles. The lowest BCUT2D eigenvalue weighted by Gasteiger charge is -2.17. The van der Waals surface area contributed by atoms with Crippen molar-refractivity contribution >= 4 is 11.8 Å². The highest BCUT2D eigenvalue weighted by Gasteiger charge is 2.01. The number of anilines is 2. The molecule has 0 unspecified atom stereocenters. The van der Waals surface area contributed by atoms with Crippen LogP contribution in [0.4, 0.5) is 11.8 Å². The van der Waals surface area contributed by atoms with Gasteiger partial charge in [-0.25, -0.2) is 4.98 Å². The Bertz CT molecular complexity index is 536. The Morgan fingerprint density at radius 1 is 1.19 bits per heavy atom. The zero-order chi connectivity index (χ0) is 15.1. The van der Waals surface area contributed by atoms with Gasteiger partial charge in [0.2, 0.25) is 5.95 Å². The van der Waals surface area contributed by atoms with Crippen LogP contribution < -0.4 is 11.1 Å². The predicted molar refractivity (Wildman–Crippen MR) is 87.1 cm³/mol. The Kier molecular flexibility index (Phi) is 5.51. The smallest absolute Gasteiger partial charge is 0.222 e. The van der Waals surface area contributed by atoms with Crippen molar-refractivity contribution in [1.82, 2.24) is 14.9 Å². The summed E-state index contributed by atoms with van der Waals surface area (Å²) < 4.78 is 0. The fourth-order valence-electron chi connectivity index (χ4n) is 2.22. The first-order chi connectivity index (χ1) is 10.1. The van der Waals surface area contributed by atoms with Gasteiger partial charge in [0.15, 0.2) is 0 Å². The van der Waals surface area contributed by atoms with E-state index in [0.717, 1.165) is 37.6 Å². The van der Waals surface area contributed by atoms with Gasteiger partial charge in [-0.15, -0.1) is 0 Å². The van der Waals surface area contributed by atoms with Gasteiger partial charge in [0, 0.05) is 24.8 Å². The lowest BCUT2D eigenvalue weighted by Crippen LogP contribution is -2.21. The second kappa shape index (κ2) is 7.59. The molecule has 1 heterocycles. The third-order valence-corrected chi connectivity index (χ3v) is 3.19. The lowest BCUT2D eigenvalue weighted by molar-refractivity contribution is 0.325. The van der Waals surface area contributed by atoms with Crippen LogP contribution in [-0.2, 0) is 6.54 Å². The number of hydrogen-bond acceptors (Lipinski definition) is 5. The van der Waals surface area contributed by atoms with Crippen LogP contribution in [0.1, 0.15) is 17.7 Å². The van der Waals surface area contributed by atoms with Gasteiger partial charge in [-0.1, -0.05) is 30.3 Å². The van der Waals surface area contributed by atoms with E-state index in [0.29, 0.717) is 5.95 Å². The second-order valence-corrected chi connectivity index (χ2v) is 5.26. The second-order valence-electron chi connectivity index (χ2n) is 5.26. The summed E-state index contributed by atoms with van der Waals surface area (Å²) in [7, 11) is 2.14. The number of benzene rings is 1. The third-order valence-electron chi connectivity index (χ3n) is 3.19. The summed E-state index contributed by atoms with van der Waals surface area (Å²) in [6.07, 6.45) is 1.05. The molecule has 0 radical (unpaired) electrons. The Balaban J connectivity index is 1.69. The minimum absolute atomic E-state index is 0.318. The lowest BCUT2D eigenvalue weighted by atomic mass is 10.2. The average Bonchev–Trinajstić information content (AvgIpc) is 2.44. The van der Waals surface area contributed by atoms with Crippen molar-refractivity contribution in [3.63, 3.8) is 0 Å². The molecule has 112 valence electrons. The highest BCUT2D eigenvalue weighted by Crippen LogP contribution is 2.07. The van der Waals surface area contributed by atoms with E-state index in [2.05, 4.69) is 51.5 Å². The third kappa shape index (κ3) is 5.39. The molecule has 2 rings (SSSR count). The van der Waals surface area contributed by atoms with Crippen LogP contribution in [-0.4, -0.2) is 35.0 Å². The van der Waals surface area contributed by atoms with Crippen LogP contribution in [0.2, 0.25) is 0 Å². The van der Waals surface area contributed by atoms with Gasteiger partial charge in [0.1, 0.15) is 5.82 Å². The van der Waals surface area contributed by atoms with Gasteiger partial charge in [0.25, 0.3) is 0 Å². The molecule has 0 spiro atoms. The first-order valence-corrected chi connectivity index (χ1v) is 7.21. The van der Waals surface area contributed by atoms with Crippen molar-refractivity contribution in [2.24, 2.45) is 0 Å². The van der Waals surface area contributed by atoms with Crippen LogP contribution >= 0.6 is 0 Å². The van der Waals surface area contributed by atoms with Gasteiger partial charge in [0.05, 0.1) is 0 Å². The zero-order valence-corrected chi connectivity index (χ0v) is 12.7. The number of nitrogens with two attached hydrogens (primary N) is 1. The molecule has 2 aromatic rings. The molecule has 1 aromatic carbocycles. The normalized spacial score (nSPS) is 10.8. The Hall–Kier alpha value is -2.14. The van der Waals surface area contributed by atoms with E-state index < -0.39 is 0 Å². The molecule has 0 saturated heterocycles. The van der Waals surface area contributed by atoms with E-state index in [9.17, 15) is 0 Å². The number of aromatic nitrogens is 2. The highest BCUT2D eigenvalue weighted by atomic mass is 15.1. The molecular formula is C16H23N5. The molecule has 0 atom stereocenters. The van der Waals surface area contributed by atoms with Crippen molar-refractivity contribution < 1.29 is 0 Å². The number of nitrogen functional groups attached to an aromatic ring is 1. The number of hydrogen-bond donors (Lipinski definition) is 2. The van der Waals surface area contributed by atoms with E-state index >= 15 is 0 Å². The summed E-state index contributed by atoms with van der Waals surface area (Å²) in [5, 5.41) is 3.29. The average molecular weight is 285 g/mol. The molecule has 0 bridgehead atoms. The summed E-state index contributed by atoms with van der Waals surface area (Å²) in [5.41, 5.74) is 7.85. The minimum atomic E-state index is 0.318. The van der Waals surface area contributed by atoms with E-state index in [1.165, 1.54) is 5.56 Å². The summed E-state index contributed by atoms with van der Waals surface area (Å²) in [4.78, 5) is 10.5. The fraction of sp³-hybridized carbons (Fsp3) is 0.375. The summed E-state index contributed by atoms with van der Waals surface area (Å²) in [5.74, 6) is 1.12. The number of nitrogens with one attached hydrogen (secondary N) is 1. The fourth-order valence-corrected chi connectivity index (χ4v) is 2.22. The Labute approximate surface area is 126 Å². The molecule has 21 heavy (non-hydrogen) atoms. The molecule has 0 aliphatic carbocycles. The topological polar surface area (TPSA) is 67.1 Å². The summed E-state index contributed by atoms with van der Waals surface area (Å²) in [6, 6.07) is 12.4. The number of aryl methyl sites for hydroxylation is 1. The van der Waals surface area contributed by atoms with E-state index in [1.54, 1.807) is 0 Å². The van der Waals surface area contributed by atoms with Crippen LogP contribution in [0.5, 0.6) is 0 Å². The molecule has 0 aliphatic heterocycles. The molecule has 0 fully saturated rings. The van der Waals surface area contributed by atoms with Crippen LogP contribution in [0.15, 0.2) is 36.4 Å². The number of rotatable bonds is 7. The van der Waals surface area contributed by atoms with E-state index in [4.69, 9.17) is 5.73 Å².